The van der Waals surface area contributed by atoms with Crippen LogP contribution in [-0.4, -0.2) is 31.3 Å². The molecule has 2 unspecified atom stereocenters. The SMILES string of the molecule is CC1CC(CN)(NCCC2CC2)CCO1. The molecule has 3 nitrogen and oxygen atoms in total. The average Bonchev–Trinajstić information content (AvgIpc) is 3.02. The van der Waals surface area contributed by atoms with E-state index in [9.17, 15) is 0 Å². The molecular formula is C12H24N2O. The normalized spacial score (nSPS) is 36.8. The van der Waals surface area contributed by atoms with Gasteiger partial charge in [0.1, 0.15) is 0 Å². The van der Waals surface area contributed by atoms with E-state index in [4.69, 9.17) is 10.5 Å². The van der Waals surface area contributed by atoms with E-state index in [0.717, 1.165) is 38.5 Å². The molecule has 88 valence electrons. The van der Waals surface area contributed by atoms with E-state index in [1.807, 2.05) is 0 Å². The summed E-state index contributed by atoms with van der Waals surface area (Å²) < 4.78 is 5.58. The number of ether oxygens (including phenoxy) is 1. The van der Waals surface area contributed by atoms with Crippen LogP contribution in [0.15, 0.2) is 0 Å². The van der Waals surface area contributed by atoms with Crippen molar-refractivity contribution in [3.63, 3.8) is 0 Å². The molecule has 2 fully saturated rings. The highest BCUT2D eigenvalue weighted by Gasteiger charge is 2.34. The van der Waals surface area contributed by atoms with Crippen molar-refractivity contribution in [1.82, 2.24) is 5.32 Å². The first-order valence-corrected chi connectivity index (χ1v) is 6.31. The molecule has 1 aliphatic carbocycles. The molecule has 0 amide bonds. The third-order valence-electron chi connectivity index (χ3n) is 3.80. The summed E-state index contributed by atoms with van der Waals surface area (Å²) >= 11 is 0. The Morgan fingerprint density at radius 2 is 2.27 bits per heavy atom. The number of rotatable bonds is 5. The van der Waals surface area contributed by atoms with E-state index < -0.39 is 0 Å². The van der Waals surface area contributed by atoms with Gasteiger partial charge in [0.25, 0.3) is 0 Å². The number of nitrogens with one attached hydrogen (secondary N) is 1. The van der Waals surface area contributed by atoms with E-state index in [2.05, 4.69) is 12.2 Å². The molecule has 0 bridgehead atoms. The monoisotopic (exact) mass is 212 g/mol. The third-order valence-corrected chi connectivity index (χ3v) is 3.80. The summed E-state index contributed by atoms with van der Waals surface area (Å²) in [5.74, 6) is 1.00. The highest BCUT2D eigenvalue weighted by molar-refractivity contribution is 4.93. The zero-order valence-electron chi connectivity index (χ0n) is 9.80. The lowest BCUT2D eigenvalue weighted by Crippen LogP contribution is -2.56. The van der Waals surface area contributed by atoms with E-state index >= 15 is 0 Å². The van der Waals surface area contributed by atoms with Gasteiger partial charge >= 0.3 is 0 Å². The van der Waals surface area contributed by atoms with Gasteiger partial charge in [-0.1, -0.05) is 12.8 Å². The Bertz CT molecular complexity index is 206. The van der Waals surface area contributed by atoms with E-state index in [1.165, 1.54) is 19.3 Å². The topological polar surface area (TPSA) is 47.3 Å². The van der Waals surface area contributed by atoms with Crippen LogP contribution in [0, 0.1) is 5.92 Å². The second-order valence-electron chi connectivity index (χ2n) is 5.28. The minimum absolute atomic E-state index is 0.159. The van der Waals surface area contributed by atoms with Crippen LogP contribution in [0.25, 0.3) is 0 Å². The summed E-state index contributed by atoms with van der Waals surface area (Å²) in [6.45, 7) is 4.88. The fourth-order valence-electron chi connectivity index (χ4n) is 2.53. The second kappa shape index (κ2) is 4.81. The Morgan fingerprint density at radius 3 is 2.87 bits per heavy atom. The van der Waals surface area contributed by atoms with Gasteiger partial charge in [-0.2, -0.15) is 0 Å². The lowest BCUT2D eigenvalue weighted by molar-refractivity contribution is -0.0162. The van der Waals surface area contributed by atoms with Crippen molar-refractivity contribution in [3.05, 3.63) is 0 Å². The maximum Gasteiger partial charge on any atom is 0.0565 e. The Balaban J connectivity index is 1.77. The summed E-state index contributed by atoms with van der Waals surface area (Å²) in [6, 6.07) is 0. The van der Waals surface area contributed by atoms with E-state index in [0.29, 0.717) is 6.10 Å². The first kappa shape index (κ1) is 11.4. The van der Waals surface area contributed by atoms with Crippen LogP contribution >= 0.6 is 0 Å². The van der Waals surface area contributed by atoms with Gasteiger partial charge in [-0.3, -0.25) is 0 Å². The molecule has 0 radical (unpaired) electrons. The van der Waals surface area contributed by atoms with Gasteiger partial charge in [0.15, 0.2) is 0 Å². The van der Waals surface area contributed by atoms with Crippen LogP contribution in [0.5, 0.6) is 0 Å². The quantitative estimate of drug-likeness (QED) is 0.721. The molecule has 0 aromatic rings. The molecule has 2 atom stereocenters. The average molecular weight is 212 g/mol. The highest BCUT2D eigenvalue weighted by Crippen LogP contribution is 2.32. The zero-order chi connectivity index (χ0) is 10.7. The van der Waals surface area contributed by atoms with Crippen LogP contribution in [-0.2, 0) is 4.74 Å². The Labute approximate surface area is 92.7 Å². The van der Waals surface area contributed by atoms with Crippen LogP contribution in [0.2, 0.25) is 0 Å². The molecule has 1 aliphatic heterocycles. The Kier molecular flexibility index (Phi) is 3.65. The molecule has 1 saturated heterocycles. The fourth-order valence-corrected chi connectivity index (χ4v) is 2.53. The Morgan fingerprint density at radius 1 is 1.47 bits per heavy atom. The van der Waals surface area contributed by atoms with Crippen molar-refractivity contribution in [3.8, 4) is 0 Å². The predicted molar refractivity (Wildman–Crippen MR) is 61.8 cm³/mol. The highest BCUT2D eigenvalue weighted by atomic mass is 16.5. The van der Waals surface area contributed by atoms with Crippen molar-refractivity contribution in [1.29, 1.82) is 0 Å². The predicted octanol–water partition coefficient (Wildman–Crippen LogP) is 1.27. The summed E-state index contributed by atoms with van der Waals surface area (Å²) in [6.07, 6.45) is 6.70. The zero-order valence-corrected chi connectivity index (χ0v) is 9.80. The van der Waals surface area contributed by atoms with Crippen LogP contribution in [0.1, 0.15) is 39.0 Å². The van der Waals surface area contributed by atoms with E-state index in [-0.39, 0.29) is 5.54 Å². The van der Waals surface area contributed by atoms with Gasteiger partial charge < -0.3 is 15.8 Å². The van der Waals surface area contributed by atoms with Crippen molar-refractivity contribution in [2.75, 3.05) is 19.7 Å². The number of hydrogen-bond acceptors (Lipinski definition) is 3. The standard InChI is InChI=1S/C12H24N2O/c1-10-8-12(9-13,5-7-15-10)14-6-4-11-2-3-11/h10-11,14H,2-9,13H2,1H3. The summed E-state index contributed by atoms with van der Waals surface area (Å²) in [4.78, 5) is 0. The fraction of sp³-hybridized carbons (Fsp3) is 1.00. The summed E-state index contributed by atoms with van der Waals surface area (Å²) in [5.41, 5.74) is 6.07. The first-order chi connectivity index (χ1) is 7.24. The van der Waals surface area contributed by atoms with E-state index in [1.54, 1.807) is 0 Å². The molecule has 15 heavy (non-hydrogen) atoms. The third kappa shape index (κ3) is 3.16. The maximum atomic E-state index is 5.91. The lowest BCUT2D eigenvalue weighted by atomic mass is 9.87. The molecule has 2 aliphatic rings. The molecule has 3 heteroatoms. The van der Waals surface area contributed by atoms with Gasteiger partial charge in [-0.25, -0.2) is 0 Å². The van der Waals surface area contributed by atoms with Gasteiger partial charge in [0, 0.05) is 18.7 Å². The summed E-state index contributed by atoms with van der Waals surface area (Å²) in [5, 5.41) is 3.68. The van der Waals surface area contributed by atoms with Crippen molar-refractivity contribution in [2.45, 2.75) is 50.7 Å². The summed E-state index contributed by atoms with van der Waals surface area (Å²) in [7, 11) is 0. The van der Waals surface area contributed by atoms with Gasteiger partial charge in [0.2, 0.25) is 0 Å². The molecule has 2 rings (SSSR count). The molecule has 0 aromatic heterocycles. The van der Waals surface area contributed by atoms with Crippen LogP contribution in [0.4, 0.5) is 0 Å². The molecule has 3 N–H and O–H groups in total. The van der Waals surface area contributed by atoms with Gasteiger partial charge in [-0.15, -0.1) is 0 Å². The minimum atomic E-state index is 0.159. The number of nitrogens with two attached hydrogens (primary N) is 1. The van der Waals surface area contributed by atoms with Crippen molar-refractivity contribution < 1.29 is 4.74 Å². The smallest absolute Gasteiger partial charge is 0.0565 e. The second-order valence-corrected chi connectivity index (χ2v) is 5.28. The first-order valence-electron chi connectivity index (χ1n) is 6.31. The minimum Gasteiger partial charge on any atom is -0.378 e. The molecule has 0 aromatic carbocycles. The molecule has 1 saturated carbocycles. The number of hydrogen-bond donors (Lipinski definition) is 2. The van der Waals surface area contributed by atoms with Crippen molar-refractivity contribution >= 4 is 0 Å². The molecule has 0 spiro atoms. The van der Waals surface area contributed by atoms with Gasteiger partial charge in [-0.05, 0) is 38.6 Å². The largest absolute Gasteiger partial charge is 0.378 e. The Hall–Kier alpha value is -0.120. The maximum absolute atomic E-state index is 5.91. The molecule has 1 heterocycles. The van der Waals surface area contributed by atoms with Crippen LogP contribution < -0.4 is 11.1 Å². The van der Waals surface area contributed by atoms with Crippen LogP contribution in [0.3, 0.4) is 0 Å². The van der Waals surface area contributed by atoms with Gasteiger partial charge in [0.05, 0.1) is 6.10 Å². The van der Waals surface area contributed by atoms with Crippen molar-refractivity contribution in [2.24, 2.45) is 11.7 Å². The molecular weight excluding hydrogens is 188 g/mol. The lowest BCUT2D eigenvalue weighted by Gasteiger charge is -2.40.